The molecule has 0 spiro atoms. The number of rotatable bonds is 9. The summed E-state index contributed by atoms with van der Waals surface area (Å²) < 4.78 is 5.15. The summed E-state index contributed by atoms with van der Waals surface area (Å²) in [5.41, 5.74) is 2.56. The van der Waals surface area contributed by atoms with Gasteiger partial charge in [0.2, 0.25) is 0 Å². The van der Waals surface area contributed by atoms with Crippen LogP contribution in [0, 0.1) is 5.92 Å². The van der Waals surface area contributed by atoms with Crippen LogP contribution in [0.25, 0.3) is 0 Å². The van der Waals surface area contributed by atoms with Crippen LogP contribution in [0.2, 0.25) is 0 Å². The van der Waals surface area contributed by atoms with Gasteiger partial charge in [0, 0.05) is 13.5 Å². The minimum Gasteiger partial charge on any atom is -0.380 e. The second-order valence-corrected chi connectivity index (χ2v) is 5.29. The molecule has 0 radical (unpaired) electrons. The Bertz CT molecular complexity index is 435. The molecule has 1 atom stereocenters. The molecule has 0 N–H and O–H groups in total. The summed E-state index contributed by atoms with van der Waals surface area (Å²) in [4.78, 5) is 11.1. The number of Topliss-reactive ketones (excluding diaryl/α,β-unsaturated/α-hetero) is 1. The zero-order valence-electron chi connectivity index (χ0n) is 12.9. The predicted octanol–water partition coefficient (Wildman–Crippen LogP) is 4.33. The van der Waals surface area contributed by atoms with E-state index in [0.29, 0.717) is 18.9 Å². The molecule has 0 bridgehead atoms. The van der Waals surface area contributed by atoms with Gasteiger partial charge in [0.05, 0.1) is 6.61 Å². The number of ketones is 1. The molecule has 2 nitrogen and oxygen atoms in total. The van der Waals surface area contributed by atoms with Crippen molar-refractivity contribution in [3.63, 3.8) is 0 Å². The maximum atomic E-state index is 11.1. The van der Waals surface area contributed by atoms with Gasteiger partial charge >= 0.3 is 0 Å². The normalized spacial score (nSPS) is 12.8. The van der Waals surface area contributed by atoms with Crippen LogP contribution in [0.15, 0.2) is 36.4 Å². The largest absolute Gasteiger partial charge is 0.380 e. The highest BCUT2D eigenvalue weighted by molar-refractivity contribution is 5.75. The quantitative estimate of drug-likeness (QED) is 0.627. The van der Waals surface area contributed by atoms with Gasteiger partial charge in [-0.05, 0) is 43.2 Å². The fourth-order valence-corrected chi connectivity index (χ4v) is 2.30. The lowest BCUT2D eigenvalue weighted by atomic mass is 9.98. The molecular weight excluding hydrogens is 248 g/mol. The number of carbonyl (C=O) groups excluding carboxylic acids is 1. The third kappa shape index (κ3) is 6.67. The molecule has 0 heterocycles. The number of ether oxygens (including phenoxy) is 1. The lowest BCUT2D eigenvalue weighted by Gasteiger charge is -2.07. The monoisotopic (exact) mass is 274 g/mol. The zero-order chi connectivity index (χ0) is 14.8. The van der Waals surface area contributed by atoms with Crippen molar-refractivity contribution in [1.29, 1.82) is 0 Å². The smallest absolute Gasteiger partial charge is 0.130 e. The number of methoxy groups -OCH3 is 1. The Hall–Kier alpha value is -1.41. The van der Waals surface area contributed by atoms with E-state index in [1.54, 1.807) is 14.0 Å². The molecule has 1 aromatic rings. The lowest BCUT2D eigenvalue weighted by Crippen LogP contribution is -2.01. The molecule has 2 heteroatoms. The second-order valence-electron chi connectivity index (χ2n) is 5.29. The van der Waals surface area contributed by atoms with Crippen molar-refractivity contribution < 1.29 is 9.53 Å². The van der Waals surface area contributed by atoms with Crippen molar-refractivity contribution in [3.05, 3.63) is 47.5 Å². The van der Waals surface area contributed by atoms with Gasteiger partial charge in [-0.1, -0.05) is 43.3 Å². The van der Waals surface area contributed by atoms with Crippen LogP contribution < -0.4 is 0 Å². The van der Waals surface area contributed by atoms with E-state index in [0.717, 1.165) is 19.3 Å². The molecule has 0 fully saturated rings. The molecule has 0 saturated carbocycles. The van der Waals surface area contributed by atoms with Crippen molar-refractivity contribution in [2.45, 2.75) is 46.1 Å². The summed E-state index contributed by atoms with van der Waals surface area (Å²) in [5.74, 6) is 0.668. The highest BCUT2D eigenvalue weighted by Crippen LogP contribution is 2.13. The molecule has 1 aromatic carbocycles. The average molecular weight is 274 g/mol. The van der Waals surface area contributed by atoms with Gasteiger partial charge in [-0.3, -0.25) is 0 Å². The van der Waals surface area contributed by atoms with Crippen LogP contribution in [0.4, 0.5) is 0 Å². The summed E-state index contributed by atoms with van der Waals surface area (Å²) >= 11 is 0. The molecule has 110 valence electrons. The number of allylic oxidation sites excluding steroid dienone is 2. The van der Waals surface area contributed by atoms with Crippen LogP contribution >= 0.6 is 0 Å². The minimum atomic E-state index is 0.272. The number of benzene rings is 1. The molecule has 20 heavy (non-hydrogen) atoms. The van der Waals surface area contributed by atoms with Crippen LogP contribution in [-0.2, 0) is 22.6 Å². The maximum absolute atomic E-state index is 11.1. The molecular formula is C18H26O2. The van der Waals surface area contributed by atoms with Gasteiger partial charge in [-0.25, -0.2) is 0 Å². The Kier molecular flexibility index (Phi) is 7.89. The van der Waals surface area contributed by atoms with E-state index in [1.807, 2.05) is 0 Å². The molecule has 0 aromatic heterocycles. The van der Waals surface area contributed by atoms with Crippen LogP contribution in [0.3, 0.4) is 0 Å². The number of aryl methyl sites for hydroxylation is 1. The van der Waals surface area contributed by atoms with E-state index in [1.165, 1.54) is 11.1 Å². The summed E-state index contributed by atoms with van der Waals surface area (Å²) in [7, 11) is 1.72. The first-order chi connectivity index (χ1) is 9.65. The fourth-order valence-electron chi connectivity index (χ4n) is 2.30. The van der Waals surface area contributed by atoms with Crippen LogP contribution in [-0.4, -0.2) is 12.9 Å². The van der Waals surface area contributed by atoms with Crippen LogP contribution in [0.5, 0.6) is 0 Å². The minimum absolute atomic E-state index is 0.272. The topological polar surface area (TPSA) is 26.3 Å². The Labute approximate surface area is 122 Å². The van der Waals surface area contributed by atoms with Gasteiger partial charge < -0.3 is 9.53 Å². The molecule has 0 aliphatic heterocycles. The van der Waals surface area contributed by atoms with Crippen molar-refractivity contribution in [2.75, 3.05) is 7.11 Å². The standard InChI is InChI=1S/C18H26O2/c1-4-16(12-15(2)19)8-5-6-9-17-10-7-11-18(13-17)14-20-3/h5,7-8,10-11,13,16H,4,6,9,12,14H2,1-3H3/b8-5+. The van der Waals surface area contributed by atoms with E-state index < -0.39 is 0 Å². The summed E-state index contributed by atoms with van der Waals surface area (Å²) in [6.07, 6.45) is 8.14. The highest BCUT2D eigenvalue weighted by Gasteiger charge is 2.04. The first kappa shape index (κ1) is 16.6. The van der Waals surface area contributed by atoms with Gasteiger partial charge in [0.1, 0.15) is 5.78 Å². The maximum Gasteiger partial charge on any atom is 0.130 e. The Morgan fingerprint density at radius 3 is 2.75 bits per heavy atom. The molecule has 0 saturated heterocycles. The van der Waals surface area contributed by atoms with Crippen molar-refractivity contribution in [3.8, 4) is 0 Å². The average Bonchev–Trinajstić information content (AvgIpc) is 2.42. The summed E-state index contributed by atoms with van der Waals surface area (Å²) in [6.45, 7) is 4.46. The van der Waals surface area contributed by atoms with Crippen LogP contribution in [0.1, 0.15) is 44.2 Å². The molecule has 1 unspecified atom stereocenters. The van der Waals surface area contributed by atoms with E-state index in [9.17, 15) is 4.79 Å². The van der Waals surface area contributed by atoms with Crippen molar-refractivity contribution in [1.82, 2.24) is 0 Å². The van der Waals surface area contributed by atoms with E-state index >= 15 is 0 Å². The SMILES string of the molecule is CCC(/C=C/CCc1cccc(COC)c1)CC(C)=O. The van der Waals surface area contributed by atoms with Gasteiger partial charge in [-0.2, -0.15) is 0 Å². The Balaban J connectivity index is 2.42. The van der Waals surface area contributed by atoms with Gasteiger partial charge in [-0.15, -0.1) is 0 Å². The first-order valence-electron chi connectivity index (χ1n) is 7.38. The van der Waals surface area contributed by atoms with E-state index in [4.69, 9.17) is 4.74 Å². The number of hydrogen-bond acceptors (Lipinski definition) is 2. The molecule has 0 amide bonds. The van der Waals surface area contributed by atoms with Gasteiger partial charge in [0.25, 0.3) is 0 Å². The van der Waals surface area contributed by atoms with E-state index in [-0.39, 0.29) is 5.78 Å². The molecule has 0 aliphatic carbocycles. The Morgan fingerprint density at radius 2 is 2.10 bits per heavy atom. The third-order valence-electron chi connectivity index (χ3n) is 3.38. The van der Waals surface area contributed by atoms with E-state index in [2.05, 4.69) is 43.3 Å². The number of hydrogen-bond donors (Lipinski definition) is 0. The Morgan fingerprint density at radius 1 is 1.35 bits per heavy atom. The molecule has 1 rings (SSSR count). The first-order valence-corrected chi connectivity index (χ1v) is 7.38. The fraction of sp³-hybridized carbons (Fsp3) is 0.500. The summed E-state index contributed by atoms with van der Waals surface area (Å²) in [6, 6.07) is 8.52. The number of carbonyl (C=O) groups is 1. The zero-order valence-corrected chi connectivity index (χ0v) is 12.9. The third-order valence-corrected chi connectivity index (χ3v) is 3.38. The second kappa shape index (κ2) is 9.49. The van der Waals surface area contributed by atoms with Gasteiger partial charge in [0.15, 0.2) is 0 Å². The van der Waals surface area contributed by atoms with Crippen molar-refractivity contribution >= 4 is 5.78 Å². The lowest BCUT2D eigenvalue weighted by molar-refractivity contribution is -0.117. The summed E-state index contributed by atoms with van der Waals surface area (Å²) in [5, 5.41) is 0. The molecule has 0 aliphatic rings. The van der Waals surface area contributed by atoms with Crippen molar-refractivity contribution in [2.24, 2.45) is 5.92 Å². The highest BCUT2D eigenvalue weighted by atomic mass is 16.5. The predicted molar refractivity (Wildman–Crippen MR) is 83.7 cm³/mol.